The average molecular weight is 344 g/mol. The van der Waals surface area contributed by atoms with E-state index in [2.05, 4.69) is 31.4 Å². The molecule has 0 spiro atoms. The fourth-order valence-electron chi connectivity index (χ4n) is 3.61. The van der Waals surface area contributed by atoms with Crippen LogP contribution in [-0.2, 0) is 16.0 Å². The summed E-state index contributed by atoms with van der Waals surface area (Å²) >= 11 is 0. The molecule has 1 fully saturated rings. The molecule has 0 aromatic heterocycles. The first-order valence-electron chi connectivity index (χ1n) is 9.50. The molecule has 0 atom stereocenters. The quantitative estimate of drug-likeness (QED) is 0.796. The highest BCUT2D eigenvalue weighted by Gasteiger charge is 2.32. The van der Waals surface area contributed by atoms with Crippen LogP contribution in [0.2, 0.25) is 0 Å². The third kappa shape index (κ3) is 6.18. The van der Waals surface area contributed by atoms with E-state index in [1.807, 2.05) is 30.3 Å². The van der Waals surface area contributed by atoms with Crippen molar-refractivity contribution in [3.63, 3.8) is 0 Å². The topological polar surface area (TPSA) is 58.2 Å². The van der Waals surface area contributed by atoms with Gasteiger partial charge in [0.2, 0.25) is 11.8 Å². The van der Waals surface area contributed by atoms with Gasteiger partial charge in [0.05, 0.1) is 13.0 Å². The number of rotatable bonds is 7. The zero-order valence-corrected chi connectivity index (χ0v) is 15.8. The average Bonchev–Trinajstić information content (AvgIpc) is 2.61. The highest BCUT2D eigenvalue weighted by atomic mass is 16.2. The molecule has 0 radical (unpaired) electrons. The number of carbonyl (C=O) groups excluding carboxylic acids is 2. The fraction of sp³-hybridized carbons (Fsp3) is 0.619. The van der Waals surface area contributed by atoms with Crippen molar-refractivity contribution in [2.24, 2.45) is 11.3 Å². The maximum Gasteiger partial charge on any atom is 0.239 e. The van der Waals surface area contributed by atoms with Crippen molar-refractivity contribution >= 4 is 11.8 Å². The third-order valence-corrected chi connectivity index (χ3v) is 5.76. The fourth-order valence-corrected chi connectivity index (χ4v) is 3.61. The Balaban J connectivity index is 1.67. The van der Waals surface area contributed by atoms with E-state index in [1.165, 1.54) is 19.3 Å². The molecule has 4 nitrogen and oxygen atoms in total. The van der Waals surface area contributed by atoms with Crippen LogP contribution in [0.1, 0.15) is 58.4 Å². The summed E-state index contributed by atoms with van der Waals surface area (Å²) in [6.45, 7) is 7.01. The van der Waals surface area contributed by atoms with Gasteiger partial charge in [0.15, 0.2) is 0 Å². The monoisotopic (exact) mass is 344 g/mol. The Bertz CT molecular complexity index is 561. The summed E-state index contributed by atoms with van der Waals surface area (Å²) in [5.74, 6) is 0.547. The highest BCUT2D eigenvalue weighted by molar-refractivity contribution is 5.85. The van der Waals surface area contributed by atoms with E-state index in [0.717, 1.165) is 24.3 Å². The van der Waals surface area contributed by atoms with Gasteiger partial charge in [-0.1, -0.05) is 57.5 Å². The summed E-state index contributed by atoms with van der Waals surface area (Å²) in [5.41, 5.74) is 1.35. The molecular weight excluding hydrogens is 312 g/mol. The minimum absolute atomic E-state index is 0.0616. The first-order chi connectivity index (χ1) is 11.9. The van der Waals surface area contributed by atoms with Crippen LogP contribution < -0.4 is 10.6 Å². The van der Waals surface area contributed by atoms with Crippen molar-refractivity contribution in [2.45, 2.75) is 65.3 Å². The molecule has 4 heteroatoms. The van der Waals surface area contributed by atoms with Crippen molar-refractivity contribution in [2.75, 3.05) is 6.54 Å². The molecule has 0 heterocycles. The van der Waals surface area contributed by atoms with Crippen LogP contribution >= 0.6 is 0 Å². The Morgan fingerprint density at radius 1 is 1.04 bits per heavy atom. The molecule has 2 N–H and O–H groups in total. The van der Waals surface area contributed by atoms with Crippen molar-refractivity contribution in [3.8, 4) is 0 Å². The lowest BCUT2D eigenvalue weighted by Crippen LogP contribution is -2.44. The molecular formula is C21H32N2O2. The lowest BCUT2D eigenvalue weighted by atomic mass is 9.69. The summed E-state index contributed by atoms with van der Waals surface area (Å²) < 4.78 is 0. The zero-order chi connectivity index (χ0) is 18.3. The molecule has 2 amide bonds. The Morgan fingerprint density at radius 3 is 2.28 bits per heavy atom. The number of hydrogen-bond acceptors (Lipinski definition) is 2. The molecule has 1 saturated carbocycles. The molecule has 0 aliphatic heterocycles. The summed E-state index contributed by atoms with van der Waals surface area (Å²) in [6.07, 6.45) is 5.93. The van der Waals surface area contributed by atoms with Gasteiger partial charge in [-0.25, -0.2) is 0 Å². The largest absolute Gasteiger partial charge is 0.352 e. The second kappa shape index (κ2) is 9.02. The molecule has 1 aliphatic rings. The van der Waals surface area contributed by atoms with E-state index in [-0.39, 0.29) is 24.4 Å². The molecule has 1 aromatic rings. The molecule has 25 heavy (non-hydrogen) atoms. The Morgan fingerprint density at radius 2 is 1.68 bits per heavy atom. The van der Waals surface area contributed by atoms with Gasteiger partial charge in [0, 0.05) is 6.04 Å². The molecule has 0 bridgehead atoms. The minimum atomic E-state index is -0.116. The SMILES string of the molecule is CCC(C)(C)C1CCC(NC(=O)CNC(=O)Cc2ccccc2)CC1. The zero-order valence-electron chi connectivity index (χ0n) is 15.8. The van der Waals surface area contributed by atoms with Gasteiger partial charge >= 0.3 is 0 Å². The molecule has 1 aromatic carbocycles. The second-order valence-corrected chi connectivity index (χ2v) is 7.90. The Hall–Kier alpha value is -1.84. The molecule has 0 unspecified atom stereocenters. The van der Waals surface area contributed by atoms with Crippen LogP contribution in [0.4, 0.5) is 0 Å². The van der Waals surface area contributed by atoms with Crippen molar-refractivity contribution < 1.29 is 9.59 Å². The molecule has 138 valence electrons. The number of nitrogens with one attached hydrogen (secondary N) is 2. The molecule has 1 aliphatic carbocycles. The summed E-state index contributed by atoms with van der Waals surface area (Å²) in [7, 11) is 0. The first-order valence-corrected chi connectivity index (χ1v) is 9.50. The van der Waals surface area contributed by atoms with Gasteiger partial charge < -0.3 is 10.6 Å². The van der Waals surface area contributed by atoms with E-state index in [1.54, 1.807) is 0 Å². The van der Waals surface area contributed by atoms with Gasteiger partial charge in [0.25, 0.3) is 0 Å². The van der Waals surface area contributed by atoms with E-state index in [4.69, 9.17) is 0 Å². The van der Waals surface area contributed by atoms with Crippen LogP contribution in [-0.4, -0.2) is 24.4 Å². The van der Waals surface area contributed by atoms with Crippen molar-refractivity contribution in [3.05, 3.63) is 35.9 Å². The lowest BCUT2D eigenvalue weighted by molar-refractivity contribution is -0.126. The number of benzene rings is 1. The van der Waals surface area contributed by atoms with Crippen molar-refractivity contribution in [1.29, 1.82) is 0 Å². The van der Waals surface area contributed by atoms with Gasteiger partial charge in [-0.3, -0.25) is 9.59 Å². The number of carbonyl (C=O) groups is 2. The second-order valence-electron chi connectivity index (χ2n) is 7.90. The van der Waals surface area contributed by atoms with E-state index >= 15 is 0 Å². The normalized spacial score (nSPS) is 20.8. The third-order valence-electron chi connectivity index (χ3n) is 5.76. The summed E-state index contributed by atoms with van der Waals surface area (Å²) in [5, 5.41) is 5.79. The number of amides is 2. The van der Waals surface area contributed by atoms with Gasteiger partial charge in [-0.05, 0) is 42.6 Å². The lowest BCUT2D eigenvalue weighted by Gasteiger charge is -2.39. The predicted octanol–water partition coefficient (Wildman–Crippen LogP) is 3.46. The van der Waals surface area contributed by atoms with Gasteiger partial charge in [-0.15, -0.1) is 0 Å². The number of hydrogen-bond donors (Lipinski definition) is 2. The van der Waals surface area contributed by atoms with Crippen LogP contribution in [0, 0.1) is 11.3 Å². The van der Waals surface area contributed by atoms with Crippen LogP contribution in [0.15, 0.2) is 30.3 Å². The Kier molecular flexibility index (Phi) is 7.03. The minimum Gasteiger partial charge on any atom is -0.352 e. The summed E-state index contributed by atoms with van der Waals surface area (Å²) in [6, 6.07) is 9.82. The van der Waals surface area contributed by atoms with E-state index in [0.29, 0.717) is 11.8 Å². The van der Waals surface area contributed by atoms with Crippen LogP contribution in [0.25, 0.3) is 0 Å². The highest BCUT2D eigenvalue weighted by Crippen LogP contribution is 2.40. The maximum atomic E-state index is 12.1. The van der Waals surface area contributed by atoms with E-state index in [9.17, 15) is 9.59 Å². The maximum absolute atomic E-state index is 12.1. The van der Waals surface area contributed by atoms with E-state index < -0.39 is 0 Å². The standard InChI is InChI=1S/C21H32N2O2/c1-4-21(2,3)17-10-12-18(13-11-17)23-20(25)15-22-19(24)14-16-8-6-5-7-9-16/h5-9,17-18H,4,10-15H2,1-3H3,(H,22,24)(H,23,25). The van der Waals surface area contributed by atoms with Crippen molar-refractivity contribution in [1.82, 2.24) is 10.6 Å². The summed E-state index contributed by atoms with van der Waals surface area (Å²) in [4.78, 5) is 24.0. The predicted molar refractivity (Wildman–Crippen MR) is 101 cm³/mol. The van der Waals surface area contributed by atoms with Gasteiger partial charge in [0.1, 0.15) is 0 Å². The smallest absolute Gasteiger partial charge is 0.239 e. The molecule has 0 saturated heterocycles. The van der Waals surface area contributed by atoms with Crippen LogP contribution in [0.3, 0.4) is 0 Å². The van der Waals surface area contributed by atoms with Gasteiger partial charge in [-0.2, -0.15) is 0 Å². The Labute approximate surface area is 151 Å². The van der Waals surface area contributed by atoms with Crippen LogP contribution in [0.5, 0.6) is 0 Å². The first kappa shape index (κ1) is 19.5. The molecule has 2 rings (SSSR count).